The van der Waals surface area contributed by atoms with Gasteiger partial charge in [-0.05, 0) is 35.0 Å². The molecule has 1 heterocycles. The minimum atomic E-state index is -0.876. The third kappa shape index (κ3) is 3.84. The normalized spacial score (nSPS) is 15.7. The molecule has 0 aromatic heterocycles. The molecule has 0 N–H and O–H groups in total. The molecule has 0 fully saturated rings. The minimum Gasteiger partial charge on any atom is -0.446 e. The molecule has 1 atom stereocenters. The van der Waals surface area contributed by atoms with Crippen LogP contribution >= 0.6 is 23.2 Å². The van der Waals surface area contributed by atoms with Crippen LogP contribution < -0.4 is 4.74 Å². The number of esters is 1. The third-order valence-electron chi connectivity index (χ3n) is 4.53. The molecule has 30 heavy (non-hydrogen) atoms. The van der Waals surface area contributed by atoms with E-state index >= 15 is 0 Å². The van der Waals surface area contributed by atoms with Gasteiger partial charge in [0.05, 0.1) is 10.6 Å². The molecule has 0 radical (unpaired) electrons. The van der Waals surface area contributed by atoms with E-state index in [1.165, 1.54) is 18.9 Å². The summed E-state index contributed by atoms with van der Waals surface area (Å²) in [6, 6.07) is 16.0. The number of hydrogen-bond donors (Lipinski definition) is 0. The molecule has 0 saturated heterocycles. The first kappa shape index (κ1) is 20.2. The number of nitrogens with zero attached hydrogens (tertiary/aromatic N) is 2. The van der Waals surface area contributed by atoms with Crippen molar-refractivity contribution in [3.63, 3.8) is 0 Å². The van der Waals surface area contributed by atoms with Gasteiger partial charge < -0.3 is 9.47 Å². The average Bonchev–Trinajstić information content (AvgIpc) is 3.12. The second-order valence-electron chi connectivity index (χ2n) is 6.69. The number of halogens is 2. The summed E-state index contributed by atoms with van der Waals surface area (Å²) >= 11 is 12.3. The summed E-state index contributed by atoms with van der Waals surface area (Å²) in [5.74, 6) is -0.392. The molecule has 0 aliphatic carbocycles. The van der Waals surface area contributed by atoms with E-state index in [1.807, 2.05) is 24.3 Å². The van der Waals surface area contributed by atoms with Crippen molar-refractivity contribution in [2.45, 2.75) is 20.1 Å². The van der Waals surface area contributed by atoms with Crippen molar-refractivity contribution < 1.29 is 19.1 Å². The van der Waals surface area contributed by atoms with Gasteiger partial charge in [0.1, 0.15) is 5.75 Å². The number of amides is 1. The van der Waals surface area contributed by atoms with E-state index < -0.39 is 12.2 Å². The molecule has 8 heteroatoms. The summed E-state index contributed by atoms with van der Waals surface area (Å²) in [7, 11) is 0. The van der Waals surface area contributed by atoms with Crippen LogP contribution in [0.4, 0.5) is 0 Å². The summed E-state index contributed by atoms with van der Waals surface area (Å²) in [4.78, 5) is 23.9. The molecule has 3 aromatic rings. The lowest BCUT2D eigenvalue weighted by Crippen LogP contribution is -2.25. The van der Waals surface area contributed by atoms with Crippen LogP contribution in [0.1, 0.15) is 31.2 Å². The zero-order valence-corrected chi connectivity index (χ0v) is 17.6. The van der Waals surface area contributed by atoms with E-state index in [1.54, 1.807) is 30.3 Å². The fourth-order valence-corrected chi connectivity index (χ4v) is 3.71. The summed E-state index contributed by atoms with van der Waals surface area (Å²) < 4.78 is 11.4. The topological polar surface area (TPSA) is 68.2 Å². The van der Waals surface area contributed by atoms with Gasteiger partial charge in [0.15, 0.2) is 0 Å². The molecule has 6 nitrogen and oxygen atoms in total. The molecule has 0 bridgehead atoms. The number of carbonyl (C=O) groups excluding carboxylic acids is 2. The lowest BCUT2D eigenvalue weighted by molar-refractivity contribution is -0.135. The fourth-order valence-electron chi connectivity index (χ4n) is 3.21. The lowest BCUT2D eigenvalue weighted by atomic mass is 10.1. The van der Waals surface area contributed by atoms with Gasteiger partial charge in [0.2, 0.25) is 18.0 Å². The Morgan fingerprint density at radius 1 is 1.03 bits per heavy atom. The maximum Gasteiger partial charge on any atom is 0.308 e. The standard InChI is InChI=1S/C22H16Cl2N2O4/c1-12(27)26-22(17-8-7-16(23)11-19(17)24)30-21(25-26)18-9-14-5-3-4-6-15(14)10-20(18)29-13(2)28/h3-11,22H,1-2H3/t22-/m0/s1. The highest BCUT2D eigenvalue weighted by Crippen LogP contribution is 2.37. The quantitative estimate of drug-likeness (QED) is 0.407. The van der Waals surface area contributed by atoms with Crippen LogP contribution in [0.3, 0.4) is 0 Å². The molecule has 0 saturated carbocycles. The number of carbonyl (C=O) groups is 2. The fraction of sp³-hybridized carbons (Fsp3) is 0.136. The first-order valence-corrected chi connectivity index (χ1v) is 9.80. The molecule has 1 aliphatic rings. The number of hydrogen-bond acceptors (Lipinski definition) is 5. The summed E-state index contributed by atoms with van der Waals surface area (Å²) in [5, 5.41) is 8.13. The Kier molecular flexibility index (Phi) is 5.37. The molecular formula is C22H16Cl2N2O4. The van der Waals surface area contributed by atoms with E-state index in [0.29, 0.717) is 21.2 Å². The van der Waals surface area contributed by atoms with Gasteiger partial charge >= 0.3 is 5.97 Å². The van der Waals surface area contributed by atoms with Gasteiger partial charge in [-0.3, -0.25) is 9.59 Å². The van der Waals surface area contributed by atoms with Crippen LogP contribution in [0.25, 0.3) is 10.8 Å². The van der Waals surface area contributed by atoms with E-state index in [9.17, 15) is 9.59 Å². The Hall–Kier alpha value is -3.09. The van der Waals surface area contributed by atoms with Gasteiger partial charge in [-0.1, -0.05) is 53.5 Å². The first-order valence-electron chi connectivity index (χ1n) is 9.05. The lowest BCUT2D eigenvalue weighted by Gasteiger charge is -2.20. The van der Waals surface area contributed by atoms with Crippen LogP contribution in [0, 0.1) is 0 Å². The zero-order chi connectivity index (χ0) is 21.4. The molecule has 4 rings (SSSR count). The van der Waals surface area contributed by atoms with Crippen molar-refractivity contribution in [2.75, 3.05) is 0 Å². The largest absolute Gasteiger partial charge is 0.446 e. The number of fused-ring (bicyclic) bond motifs is 1. The Morgan fingerprint density at radius 3 is 2.37 bits per heavy atom. The SMILES string of the molecule is CC(=O)Oc1cc2ccccc2cc1C1=NN(C(C)=O)[C@H](c2ccc(Cl)cc2Cl)O1. The minimum absolute atomic E-state index is 0.142. The van der Waals surface area contributed by atoms with E-state index in [4.69, 9.17) is 32.7 Å². The van der Waals surface area contributed by atoms with Crippen molar-refractivity contribution in [3.05, 3.63) is 75.8 Å². The molecule has 152 valence electrons. The third-order valence-corrected chi connectivity index (χ3v) is 5.09. The smallest absolute Gasteiger partial charge is 0.308 e. The summed E-state index contributed by atoms with van der Waals surface area (Å²) in [6.07, 6.45) is -0.876. The van der Waals surface area contributed by atoms with Gasteiger partial charge in [-0.2, -0.15) is 5.01 Å². The van der Waals surface area contributed by atoms with Crippen molar-refractivity contribution in [1.29, 1.82) is 0 Å². The first-order chi connectivity index (χ1) is 14.3. The number of benzene rings is 3. The van der Waals surface area contributed by atoms with Crippen molar-refractivity contribution in [1.82, 2.24) is 5.01 Å². The van der Waals surface area contributed by atoms with Crippen LogP contribution in [0.15, 0.2) is 59.7 Å². The van der Waals surface area contributed by atoms with Crippen molar-refractivity contribution >= 4 is 51.7 Å². The molecule has 1 amide bonds. The van der Waals surface area contributed by atoms with Crippen molar-refractivity contribution in [2.24, 2.45) is 5.10 Å². The Labute approximate surface area is 182 Å². The second-order valence-corrected chi connectivity index (χ2v) is 7.54. The van der Waals surface area contributed by atoms with E-state index in [2.05, 4.69) is 5.10 Å². The van der Waals surface area contributed by atoms with Gasteiger partial charge in [0, 0.05) is 24.4 Å². The van der Waals surface area contributed by atoms with Gasteiger partial charge in [-0.15, -0.1) is 5.10 Å². The molecule has 3 aromatic carbocycles. The number of hydrazone groups is 1. The Balaban J connectivity index is 1.81. The van der Waals surface area contributed by atoms with E-state index in [-0.39, 0.29) is 17.6 Å². The number of ether oxygens (including phenoxy) is 2. The zero-order valence-electron chi connectivity index (χ0n) is 16.1. The van der Waals surface area contributed by atoms with Crippen LogP contribution in [0.5, 0.6) is 5.75 Å². The molecule has 0 unspecified atom stereocenters. The van der Waals surface area contributed by atoms with Gasteiger partial charge in [0.25, 0.3) is 0 Å². The highest BCUT2D eigenvalue weighted by atomic mass is 35.5. The highest BCUT2D eigenvalue weighted by molar-refractivity contribution is 6.35. The average molecular weight is 443 g/mol. The van der Waals surface area contributed by atoms with Crippen LogP contribution in [-0.4, -0.2) is 22.8 Å². The number of rotatable bonds is 3. The maximum atomic E-state index is 12.2. The van der Waals surface area contributed by atoms with E-state index in [0.717, 1.165) is 10.8 Å². The highest BCUT2D eigenvalue weighted by Gasteiger charge is 2.35. The summed E-state index contributed by atoms with van der Waals surface area (Å²) in [5.41, 5.74) is 0.979. The van der Waals surface area contributed by atoms with Crippen LogP contribution in [0.2, 0.25) is 10.0 Å². The Morgan fingerprint density at radius 2 is 1.73 bits per heavy atom. The maximum absolute atomic E-state index is 12.2. The summed E-state index contributed by atoms with van der Waals surface area (Å²) in [6.45, 7) is 2.69. The predicted octanol–water partition coefficient (Wildman–Crippen LogP) is 5.31. The molecule has 1 aliphatic heterocycles. The van der Waals surface area contributed by atoms with Crippen LogP contribution in [-0.2, 0) is 14.3 Å². The molecule has 0 spiro atoms. The van der Waals surface area contributed by atoms with Crippen molar-refractivity contribution in [3.8, 4) is 5.75 Å². The molecular weight excluding hydrogens is 427 g/mol. The second kappa shape index (κ2) is 7.97. The van der Waals surface area contributed by atoms with Gasteiger partial charge in [-0.25, -0.2) is 0 Å². The monoisotopic (exact) mass is 442 g/mol. The Bertz CT molecular complexity index is 1210. The predicted molar refractivity (Wildman–Crippen MR) is 115 cm³/mol.